The van der Waals surface area contributed by atoms with Gasteiger partial charge in [0.1, 0.15) is 10.8 Å². The van der Waals surface area contributed by atoms with Crippen molar-refractivity contribution in [3.63, 3.8) is 0 Å². The predicted molar refractivity (Wildman–Crippen MR) is 91.6 cm³/mol. The third kappa shape index (κ3) is 3.19. The van der Waals surface area contributed by atoms with Crippen molar-refractivity contribution < 1.29 is 4.74 Å². The monoisotopic (exact) mass is 330 g/mol. The molecule has 6 nitrogen and oxygen atoms in total. The molecule has 0 aliphatic heterocycles. The molecule has 0 spiro atoms. The minimum Gasteiger partial charge on any atom is -0.495 e. The van der Waals surface area contributed by atoms with E-state index in [0.29, 0.717) is 17.2 Å². The van der Waals surface area contributed by atoms with Crippen LogP contribution in [0.25, 0.3) is 4.96 Å². The number of methoxy groups -OCH3 is 1. The van der Waals surface area contributed by atoms with Gasteiger partial charge in [-0.3, -0.25) is 4.79 Å². The summed E-state index contributed by atoms with van der Waals surface area (Å²) in [4.78, 5) is 17.3. The molecular formula is C16H18N4O2S. The number of rotatable bonds is 5. The van der Waals surface area contributed by atoms with E-state index in [9.17, 15) is 4.79 Å². The number of benzene rings is 1. The summed E-state index contributed by atoms with van der Waals surface area (Å²) in [6.45, 7) is 4.48. The highest BCUT2D eigenvalue weighted by Gasteiger charge is 2.09. The van der Waals surface area contributed by atoms with Crippen LogP contribution < -0.4 is 15.6 Å². The summed E-state index contributed by atoms with van der Waals surface area (Å²) in [6.07, 6.45) is 0.793. The van der Waals surface area contributed by atoms with Crippen LogP contribution in [0.4, 0.5) is 5.69 Å². The number of anilines is 1. The first-order valence-electron chi connectivity index (χ1n) is 7.38. The van der Waals surface area contributed by atoms with Crippen LogP contribution in [0, 0.1) is 6.92 Å². The predicted octanol–water partition coefficient (Wildman–Crippen LogP) is 2.64. The van der Waals surface area contributed by atoms with Crippen molar-refractivity contribution in [1.82, 2.24) is 14.6 Å². The van der Waals surface area contributed by atoms with Crippen molar-refractivity contribution in [3.05, 3.63) is 50.9 Å². The molecule has 23 heavy (non-hydrogen) atoms. The van der Waals surface area contributed by atoms with Gasteiger partial charge in [-0.25, -0.2) is 4.98 Å². The first-order valence-corrected chi connectivity index (χ1v) is 8.19. The second kappa shape index (κ2) is 6.37. The minimum atomic E-state index is -0.154. The first-order chi connectivity index (χ1) is 11.1. The molecular weight excluding hydrogens is 312 g/mol. The first kappa shape index (κ1) is 15.5. The molecule has 1 aromatic carbocycles. The Labute approximate surface area is 137 Å². The van der Waals surface area contributed by atoms with Crippen molar-refractivity contribution in [2.45, 2.75) is 26.8 Å². The van der Waals surface area contributed by atoms with Crippen molar-refractivity contribution in [3.8, 4) is 5.75 Å². The highest BCUT2D eigenvalue weighted by atomic mass is 32.1. The van der Waals surface area contributed by atoms with Gasteiger partial charge < -0.3 is 10.1 Å². The fourth-order valence-electron chi connectivity index (χ4n) is 2.28. The van der Waals surface area contributed by atoms with Gasteiger partial charge in [0.2, 0.25) is 4.96 Å². The lowest BCUT2D eigenvalue weighted by Crippen LogP contribution is -2.17. The standard InChI is InChI=1S/C16H18N4O2S/c1-4-14-19-20-15(21)8-11(18-16(20)23-14)9-17-12-7-10(2)5-6-13(12)22-3/h5-8,17H,4,9H2,1-3H3. The number of aromatic nitrogens is 3. The van der Waals surface area contributed by atoms with E-state index in [0.717, 1.165) is 28.4 Å². The van der Waals surface area contributed by atoms with Gasteiger partial charge in [0.15, 0.2) is 0 Å². The van der Waals surface area contributed by atoms with Crippen LogP contribution in [0.15, 0.2) is 29.1 Å². The summed E-state index contributed by atoms with van der Waals surface area (Å²) in [7, 11) is 1.64. The third-order valence-corrected chi connectivity index (χ3v) is 4.51. The van der Waals surface area contributed by atoms with Crippen molar-refractivity contribution >= 4 is 22.0 Å². The van der Waals surface area contributed by atoms with E-state index in [2.05, 4.69) is 15.4 Å². The molecule has 3 aromatic rings. The molecule has 0 radical (unpaired) electrons. The van der Waals surface area contributed by atoms with Gasteiger partial charge in [0.05, 0.1) is 25.0 Å². The highest BCUT2D eigenvalue weighted by molar-refractivity contribution is 7.16. The topological polar surface area (TPSA) is 68.5 Å². The highest BCUT2D eigenvalue weighted by Crippen LogP contribution is 2.25. The molecule has 120 valence electrons. The van der Waals surface area contributed by atoms with Gasteiger partial charge in [-0.2, -0.15) is 9.61 Å². The normalized spacial score (nSPS) is 10.9. The Morgan fingerprint density at radius 3 is 2.91 bits per heavy atom. The lowest BCUT2D eigenvalue weighted by atomic mass is 10.2. The van der Waals surface area contributed by atoms with Gasteiger partial charge in [0, 0.05) is 6.07 Å². The maximum absolute atomic E-state index is 12.1. The molecule has 0 fully saturated rings. The Balaban J connectivity index is 1.87. The van der Waals surface area contributed by atoms with Crippen LogP contribution >= 0.6 is 11.3 Å². The molecule has 0 atom stereocenters. The second-order valence-electron chi connectivity index (χ2n) is 5.19. The van der Waals surface area contributed by atoms with E-state index in [-0.39, 0.29) is 5.56 Å². The smallest absolute Gasteiger partial charge is 0.275 e. The molecule has 0 saturated heterocycles. The van der Waals surface area contributed by atoms with Gasteiger partial charge >= 0.3 is 0 Å². The molecule has 0 aliphatic rings. The van der Waals surface area contributed by atoms with Crippen molar-refractivity contribution in [2.75, 3.05) is 12.4 Å². The van der Waals surface area contributed by atoms with Crippen molar-refractivity contribution in [1.29, 1.82) is 0 Å². The van der Waals surface area contributed by atoms with E-state index in [1.54, 1.807) is 7.11 Å². The fourth-order valence-corrected chi connectivity index (χ4v) is 3.13. The molecule has 3 rings (SSSR count). The summed E-state index contributed by atoms with van der Waals surface area (Å²) in [6, 6.07) is 7.43. The average Bonchev–Trinajstić information content (AvgIpc) is 2.97. The summed E-state index contributed by atoms with van der Waals surface area (Å²) in [5, 5.41) is 8.43. The number of hydrogen-bond donors (Lipinski definition) is 1. The fraction of sp³-hybridized carbons (Fsp3) is 0.312. The van der Waals surface area contributed by atoms with E-state index >= 15 is 0 Å². The van der Waals surface area contributed by atoms with Crippen LogP contribution in [0.2, 0.25) is 0 Å². The van der Waals surface area contributed by atoms with E-state index in [1.165, 1.54) is 21.9 Å². The minimum absolute atomic E-state index is 0.154. The summed E-state index contributed by atoms with van der Waals surface area (Å²) >= 11 is 1.45. The molecule has 2 heterocycles. The molecule has 0 bridgehead atoms. The Morgan fingerprint density at radius 1 is 1.35 bits per heavy atom. The van der Waals surface area contributed by atoms with Gasteiger partial charge in [0.25, 0.3) is 5.56 Å². The van der Waals surface area contributed by atoms with Gasteiger partial charge in [-0.1, -0.05) is 24.3 Å². The number of hydrogen-bond acceptors (Lipinski definition) is 6. The zero-order chi connectivity index (χ0) is 16.4. The lowest BCUT2D eigenvalue weighted by Gasteiger charge is -2.11. The summed E-state index contributed by atoms with van der Waals surface area (Å²) < 4.78 is 6.71. The second-order valence-corrected chi connectivity index (χ2v) is 6.23. The Bertz CT molecular complexity index is 901. The van der Waals surface area contributed by atoms with Crippen LogP contribution in [0.5, 0.6) is 5.75 Å². The van der Waals surface area contributed by atoms with E-state index in [4.69, 9.17) is 4.74 Å². The number of fused-ring (bicyclic) bond motifs is 1. The molecule has 2 aromatic heterocycles. The van der Waals surface area contributed by atoms with E-state index < -0.39 is 0 Å². The van der Waals surface area contributed by atoms with Crippen LogP contribution in [-0.2, 0) is 13.0 Å². The molecule has 0 unspecified atom stereocenters. The molecule has 0 amide bonds. The lowest BCUT2D eigenvalue weighted by molar-refractivity contribution is 0.416. The molecule has 1 N–H and O–H groups in total. The molecule has 0 saturated carbocycles. The summed E-state index contributed by atoms with van der Waals surface area (Å²) in [5.41, 5.74) is 2.55. The van der Waals surface area contributed by atoms with Crippen molar-refractivity contribution in [2.24, 2.45) is 0 Å². The molecule has 7 heteroatoms. The Morgan fingerprint density at radius 2 is 2.17 bits per heavy atom. The quantitative estimate of drug-likeness (QED) is 0.779. The zero-order valence-corrected chi connectivity index (χ0v) is 14.1. The largest absolute Gasteiger partial charge is 0.495 e. The van der Waals surface area contributed by atoms with Gasteiger partial charge in [-0.05, 0) is 31.0 Å². The van der Waals surface area contributed by atoms with Crippen LogP contribution in [0.3, 0.4) is 0 Å². The van der Waals surface area contributed by atoms with E-state index in [1.807, 2.05) is 32.0 Å². The number of nitrogens with zero attached hydrogens (tertiary/aromatic N) is 3. The molecule has 0 aliphatic carbocycles. The maximum Gasteiger partial charge on any atom is 0.275 e. The van der Waals surface area contributed by atoms with Crippen LogP contribution in [-0.4, -0.2) is 21.7 Å². The Hall–Kier alpha value is -2.41. The van der Waals surface area contributed by atoms with Gasteiger partial charge in [-0.15, -0.1) is 0 Å². The van der Waals surface area contributed by atoms with Crippen LogP contribution in [0.1, 0.15) is 23.2 Å². The number of aryl methyl sites for hydroxylation is 2. The number of nitrogens with one attached hydrogen (secondary N) is 1. The zero-order valence-electron chi connectivity index (χ0n) is 13.3. The third-order valence-electron chi connectivity index (χ3n) is 3.46. The SMILES string of the molecule is CCc1nn2c(=O)cc(CNc3cc(C)ccc3OC)nc2s1. The number of ether oxygens (including phenoxy) is 1. The summed E-state index contributed by atoms with van der Waals surface area (Å²) in [5.74, 6) is 0.763. The maximum atomic E-state index is 12.1. The Kier molecular flexibility index (Phi) is 4.29. The average molecular weight is 330 g/mol.